The average Bonchev–Trinajstić information content (AvgIpc) is 2.96. The second-order valence-corrected chi connectivity index (χ2v) is 8.56. The Morgan fingerprint density at radius 3 is 2.80 bits per heavy atom. The van der Waals surface area contributed by atoms with Crippen molar-refractivity contribution in [3.8, 4) is 23.8 Å². The number of nitrogens with zero attached hydrogens (tertiary/aromatic N) is 1. The van der Waals surface area contributed by atoms with Crippen molar-refractivity contribution in [2.75, 3.05) is 13.7 Å². The van der Waals surface area contributed by atoms with Crippen molar-refractivity contribution < 1.29 is 23.5 Å². The first kappa shape index (κ1) is 22.5. The largest absolute Gasteiger partial charge is 0.493 e. The van der Waals surface area contributed by atoms with Gasteiger partial charge in [-0.25, -0.2) is 4.39 Å². The Morgan fingerprint density at radius 1 is 1.37 bits per heavy atom. The van der Waals surface area contributed by atoms with E-state index in [9.17, 15) is 14.0 Å². The molecule has 0 aliphatic carbocycles. The van der Waals surface area contributed by atoms with Gasteiger partial charge < -0.3 is 9.47 Å². The minimum atomic E-state index is -0.577. The molecule has 0 aromatic heterocycles. The molecule has 1 fully saturated rings. The summed E-state index contributed by atoms with van der Waals surface area (Å²) in [6.45, 7) is -0.156. The molecular weight excluding hydrogens is 544 g/mol. The lowest BCUT2D eigenvalue weighted by atomic mass is 10.1. The van der Waals surface area contributed by atoms with Gasteiger partial charge in [0.15, 0.2) is 11.5 Å². The first-order valence-corrected chi connectivity index (χ1v) is 10.7. The van der Waals surface area contributed by atoms with Crippen molar-refractivity contribution in [3.05, 3.63) is 60.8 Å². The molecule has 1 aliphatic heterocycles. The number of benzene rings is 2. The maximum Gasteiger partial charge on any atom is 0.293 e. The van der Waals surface area contributed by atoms with Crippen molar-refractivity contribution in [1.29, 1.82) is 0 Å². The smallest absolute Gasteiger partial charge is 0.293 e. The summed E-state index contributed by atoms with van der Waals surface area (Å²) in [6, 6.07) is 7.65. The van der Waals surface area contributed by atoms with Gasteiger partial charge in [0, 0.05) is 10.6 Å². The van der Waals surface area contributed by atoms with E-state index in [1.54, 1.807) is 18.2 Å². The second-order valence-electron chi connectivity index (χ2n) is 5.99. The third-order valence-corrected chi connectivity index (χ3v) is 6.16. The molecule has 2 aromatic carbocycles. The van der Waals surface area contributed by atoms with Crippen LogP contribution in [0, 0.1) is 21.7 Å². The fraction of sp³-hybridized carbons (Fsp3) is 0.143. The maximum absolute atomic E-state index is 14.1. The van der Waals surface area contributed by atoms with Crippen LogP contribution >= 0.6 is 46.0 Å². The highest BCUT2D eigenvalue weighted by Gasteiger charge is 2.36. The lowest BCUT2D eigenvalue weighted by Crippen LogP contribution is -2.28. The van der Waals surface area contributed by atoms with Gasteiger partial charge in [0.1, 0.15) is 12.4 Å². The van der Waals surface area contributed by atoms with Gasteiger partial charge in [-0.1, -0.05) is 23.6 Å². The van der Waals surface area contributed by atoms with Crippen LogP contribution in [0.4, 0.5) is 9.18 Å². The summed E-state index contributed by atoms with van der Waals surface area (Å²) in [5, 5.41) is -0.346. The quantitative estimate of drug-likeness (QED) is 0.273. The Kier molecular flexibility index (Phi) is 7.28. The van der Waals surface area contributed by atoms with E-state index in [2.05, 4.69) is 28.5 Å². The van der Waals surface area contributed by atoms with E-state index in [1.807, 2.05) is 0 Å². The van der Waals surface area contributed by atoms with Gasteiger partial charge in [0.2, 0.25) is 0 Å². The zero-order chi connectivity index (χ0) is 21.8. The summed E-state index contributed by atoms with van der Waals surface area (Å²) in [6.07, 6.45) is 6.81. The molecule has 0 bridgehead atoms. The topological polar surface area (TPSA) is 55.8 Å². The van der Waals surface area contributed by atoms with Crippen molar-refractivity contribution >= 4 is 63.2 Å². The third kappa shape index (κ3) is 4.74. The van der Waals surface area contributed by atoms with Crippen LogP contribution < -0.4 is 9.47 Å². The normalized spacial score (nSPS) is 14.9. The zero-order valence-electron chi connectivity index (χ0n) is 15.6. The number of carbonyl (C=O) groups excluding carboxylic acids is 2. The van der Waals surface area contributed by atoms with Crippen LogP contribution in [-0.2, 0) is 11.3 Å². The first-order chi connectivity index (χ1) is 14.3. The van der Waals surface area contributed by atoms with Gasteiger partial charge in [0.25, 0.3) is 11.1 Å². The molecule has 0 atom stereocenters. The van der Waals surface area contributed by atoms with E-state index in [-0.39, 0.29) is 28.6 Å². The van der Waals surface area contributed by atoms with Crippen molar-refractivity contribution in [3.63, 3.8) is 0 Å². The molecule has 0 N–H and O–H groups in total. The summed E-state index contributed by atoms with van der Waals surface area (Å²) in [4.78, 5) is 26.3. The summed E-state index contributed by atoms with van der Waals surface area (Å²) < 4.78 is 25.6. The van der Waals surface area contributed by atoms with Crippen LogP contribution in [0.15, 0.2) is 35.2 Å². The van der Waals surface area contributed by atoms with E-state index in [1.165, 1.54) is 25.3 Å². The molecule has 1 saturated heterocycles. The summed E-state index contributed by atoms with van der Waals surface area (Å²) in [5.74, 6) is 2.23. The predicted molar refractivity (Wildman–Crippen MR) is 123 cm³/mol. The summed E-state index contributed by atoms with van der Waals surface area (Å²) in [7, 11) is 1.49. The van der Waals surface area contributed by atoms with Gasteiger partial charge in [-0.15, -0.1) is 6.42 Å². The SMILES string of the molecule is C#CCOc1c(I)cc(/C=C2\SC(=O)N(Cc3c(F)cccc3Cl)C2=O)cc1OC. The molecular formula is C21H14ClFINO4S. The van der Waals surface area contributed by atoms with Crippen LogP contribution in [0.3, 0.4) is 0 Å². The zero-order valence-corrected chi connectivity index (χ0v) is 19.3. The molecule has 2 amide bonds. The number of rotatable bonds is 6. The predicted octanol–water partition coefficient (Wildman–Crippen LogP) is 5.34. The molecule has 1 heterocycles. The number of thioether (sulfide) groups is 1. The molecule has 0 spiro atoms. The molecule has 154 valence electrons. The average molecular weight is 558 g/mol. The highest BCUT2D eigenvalue weighted by Crippen LogP contribution is 2.38. The van der Waals surface area contributed by atoms with E-state index in [0.29, 0.717) is 17.1 Å². The maximum atomic E-state index is 14.1. The molecule has 3 rings (SSSR count). The second kappa shape index (κ2) is 9.73. The molecule has 1 aliphatic rings. The number of imide groups is 1. The molecule has 2 aromatic rings. The lowest BCUT2D eigenvalue weighted by molar-refractivity contribution is -0.123. The number of hydrogen-bond donors (Lipinski definition) is 0. The molecule has 9 heteroatoms. The number of halogens is 3. The van der Waals surface area contributed by atoms with Crippen LogP contribution in [0.5, 0.6) is 11.5 Å². The third-order valence-electron chi connectivity index (χ3n) is 4.10. The first-order valence-electron chi connectivity index (χ1n) is 8.47. The summed E-state index contributed by atoms with van der Waals surface area (Å²) >= 11 is 8.87. The molecule has 0 radical (unpaired) electrons. The fourth-order valence-corrected chi connectivity index (χ4v) is 4.55. The van der Waals surface area contributed by atoms with E-state index in [4.69, 9.17) is 27.5 Å². The monoisotopic (exact) mass is 557 g/mol. The Morgan fingerprint density at radius 2 is 2.13 bits per heavy atom. The van der Waals surface area contributed by atoms with Crippen LogP contribution in [0.2, 0.25) is 5.02 Å². The van der Waals surface area contributed by atoms with Crippen molar-refractivity contribution in [1.82, 2.24) is 4.90 Å². The minimum Gasteiger partial charge on any atom is -0.493 e. The Hall–Kier alpha value is -2.22. The Bertz CT molecular complexity index is 1080. The number of hydrogen-bond acceptors (Lipinski definition) is 5. The van der Waals surface area contributed by atoms with Gasteiger partial charge in [-0.3, -0.25) is 14.5 Å². The fourth-order valence-electron chi connectivity index (χ4n) is 2.71. The number of methoxy groups -OCH3 is 1. The molecule has 30 heavy (non-hydrogen) atoms. The Labute approximate surface area is 195 Å². The lowest BCUT2D eigenvalue weighted by Gasteiger charge is -2.14. The van der Waals surface area contributed by atoms with E-state index >= 15 is 0 Å². The molecule has 0 unspecified atom stereocenters. The molecule has 5 nitrogen and oxygen atoms in total. The van der Waals surface area contributed by atoms with Crippen molar-refractivity contribution in [2.24, 2.45) is 0 Å². The highest BCUT2D eigenvalue weighted by atomic mass is 127. The van der Waals surface area contributed by atoms with Crippen LogP contribution in [0.25, 0.3) is 6.08 Å². The van der Waals surface area contributed by atoms with Gasteiger partial charge in [-0.05, 0) is 70.3 Å². The minimum absolute atomic E-state index is 0.0865. The van der Waals surface area contributed by atoms with E-state index < -0.39 is 17.0 Å². The summed E-state index contributed by atoms with van der Waals surface area (Å²) in [5.41, 5.74) is 0.729. The van der Waals surface area contributed by atoms with Gasteiger partial charge in [-0.2, -0.15) is 0 Å². The van der Waals surface area contributed by atoms with E-state index in [0.717, 1.165) is 20.2 Å². The van der Waals surface area contributed by atoms with Crippen molar-refractivity contribution in [2.45, 2.75) is 6.54 Å². The van der Waals surface area contributed by atoms with Gasteiger partial charge in [0.05, 0.1) is 22.1 Å². The van der Waals surface area contributed by atoms with Gasteiger partial charge >= 0.3 is 0 Å². The number of terminal acetylenes is 1. The highest BCUT2D eigenvalue weighted by molar-refractivity contribution is 14.1. The number of amides is 2. The molecule has 0 saturated carbocycles. The van der Waals surface area contributed by atoms with Crippen LogP contribution in [0.1, 0.15) is 11.1 Å². The number of ether oxygens (including phenoxy) is 2. The number of carbonyl (C=O) groups is 2. The Balaban J connectivity index is 1.88. The standard InChI is InChI=1S/C21H14ClFINO4S/c1-3-7-29-19-16(24)8-12(9-17(19)28-2)10-18-20(26)25(21(27)30-18)11-13-14(22)5-4-6-15(13)23/h1,4-6,8-10H,7,11H2,2H3/b18-10-. The van der Waals surface area contributed by atoms with Crippen LogP contribution in [-0.4, -0.2) is 29.8 Å².